The third kappa shape index (κ3) is 7.86. The van der Waals surface area contributed by atoms with Gasteiger partial charge in [0, 0.05) is 51.7 Å². The zero-order valence-corrected chi connectivity index (χ0v) is 18.0. The Morgan fingerprint density at radius 2 is 2.04 bits per heavy atom. The SMILES string of the molecule is CCCN1CCC(NC(=NC)NCCNC(=O)c2cccnc2)CC1.I. The van der Waals surface area contributed by atoms with Gasteiger partial charge in [-0.15, -0.1) is 24.0 Å². The highest BCUT2D eigenvalue weighted by Gasteiger charge is 2.19. The molecule has 1 aromatic heterocycles. The van der Waals surface area contributed by atoms with Crippen LogP contribution in [0.3, 0.4) is 0 Å². The largest absolute Gasteiger partial charge is 0.355 e. The maximum absolute atomic E-state index is 11.9. The predicted molar refractivity (Wildman–Crippen MR) is 116 cm³/mol. The van der Waals surface area contributed by atoms with Crippen LogP contribution in [0.2, 0.25) is 0 Å². The second-order valence-corrected chi connectivity index (χ2v) is 6.26. The summed E-state index contributed by atoms with van der Waals surface area (Å²) in [6, 6.07) is 3.97. The Morgan fingerprint density at radius 1 is 1.31 bits per heavy atom. The van der Waals surface area contributed by atoms with Crippen LogP contribution in [0.25, 0.3) is 0 Å². The molecule has 0 radical (unpaired) electrons. The van der Waals surface area contributed by atoms with Crippen LogP contribution in [-0.4, -0.2) is 67.6 Å². The summed E-state index contributed by atoms with van der Waals surface area (Å²) in [5.41, 5.74) is 0.573. The highest BCUT2D eigenvalue weighted by Crippen LogP contribution is 2.10. The normalized spacial score (nSPS) is 15.8. The fourth-order valence-electron chi connectivity index (χ4n) is 2.96. The van der Waals surface area contributed by atoms with E-state index in [1.165, 1.54) is 13.0 Å². The van der Waals surface area contributed by atoms with Crippen molar-refractivity contribution < 1.29 is 4.79 Å². The van der Waals surface area contributed by atoms with E-state index in [2.05, 4.69) is 37.8 Å². The molecule has 1 fully saturated rings. The molecule has 7 nitrogen and oxygen atoms in total. The van der Waals surface area contributed by atoms with E-state index in [1.807, 2.05) is 0 Å². The van der Waals surface area contributed by atoms with Crippen LogP contribution in [-0.2, 0) is 0 Å². The van der Waals surface area contributed by atoms with E-state index in [0.29, 0.717) is 24.7 Å². The van der Waals surface area contributed by atoms with Gasteiger partial charge >= 0.3 is 0 Å². The number of amides is 1. The van der Waals surface area contributed by atoms with Crippen molar-refractivity contribution in [3.8, 4) is 0 Å². The molecular weight excluding hydrogens is 443 g/mol. The molecule has 0 bridgehead atoms. The second-order valence-electron chi connectivity index (χ2n) is 6.26. The first-order chi connectivity index (χ1) is 12.2. The minimum Gasteiger partial charge on any atom is -0.355 e. The molecule has 1 amide bonds. The van der Waals surface area contributed by atoms with Crippen LogP contribution in [0, 0.1) is 0 Å². The number of aromatic nitrogens is 1. The lowest BCUT2D eigenvalue weighted by molar-refractivity contribution is 0.0954. The van der Waals surface area contributed by atoms with E-state index in [-0.39, 0.29) is 29.9 Å². The number of pyridine rings is 1. The molecule has 1 aromatic rings. The summed E-state index contributed by atoms with van der Waals surface area (Å²) in [5.74, 6) is 0.686. The van der Waals surface area contributed by atoms with Crippen LogP contribution >= 0.6 is 24.0 Å². The standard InChI is InChI=1S/C18H30N6O.HI/c1-3-11-24-12-6-16(7-13-24)23-18(19-2)22-10-9-21-17(25)15-5-4-8-20-14-15;/h4-5,8,14,16H,3,6-7,9-13H2,1-2H3,(H,21,25)(H2,19,22,23);1H. The molecule has 0 atom stereocenters. The smallest absolute Gasteiger partial charge is 0.252 e. The Hall–Kier alpha value is -1.42. The molecule has 3 N–H and O–H groups in total. The predicted octanol–water partition coefficient (Wildman–Crippen LogP) is 1.47. The van der Waals surface area contributed by atoms with Crippen molar-refractivity contribution in [3.63, 3.8) is 0 Å². The van der Waals surface area contributed by atoms with Gasteiger partial charge in [0.1, 0.15) is 0 Å². The lowest BCUT2D eigenvalue weighted by atomic mass is 10.1. The second kappa shape index (κ2) is 12.9. The van der Waals surface area contributed by atoms with E-state index in [9.17, 15) is 4.79 Å². The lowest BCUT2D eigenvalue weighted by Gasteiger charge is -2.32. The van der Waals surface area contributed by atoms with Crippen LogP contribution in [0.15, 0.2) is 29.5 Å². The van der Waals surface area contributed by atoms with Crippen molar-refractivity contribution >= 4 is 35.8 Å². The van der Waals surface area contributed by atoms with Crippen molar-refractivity contribution in [2.75, 3.05) is 39.8 Å². The molecule has 0 spiro atoms. The summed E-state index contributed by atoms with van der Waals surface area (Å²) in [5, 5.41) is 9.60. The summed E-state index contributed by atoms with van der Waals surface area (Å²) in [7, 11) is 1.77. The highest BCUT2D eigenvalue weighted by atomic mass is 127. The number of piperidine rings is 1. The van der Waals surface area contributed by atoms with Gasteiger partial charge in [0.2, 0.25) is 0 Å². The number of likely N-dealkylation sites (tertiary alicyclic amines) is 1. The molecular formula is C18H31IN6O. The molecule has 8 heteroatoms. The first-order valence-electron chi connectivity index (χ1n) is 9.10. The minimum atomic E-state index is -0.110. The van der Waals surface area contributed by atoms with Gasteiger partial charge in [-0.05, 0) is 37.9 Å². The van der Waals surface area contributed by atoms with Gasteiger partial charge in [-0.25, -0.2) is 0 Å². The van der Waals surface area contributed by atoms with Gasteiger partial charge in [-0.1, -0.05) is 6.92 Å². The molecule has 1 saturated heterocycles. The maximum Gasteiger partial charge on any atom is 0.252 e. The molecule has 2 heterocycles. The van der Waals surface area contributed by atoms with Crippen molar-refractivity contribution in [1.82, 2.24) is 25.8 Å². The molecule has 1 aliphatic heterocycles. The Labute approximate surface area is 173 Å². The van der Waals surface area contributed by atoms with Gasteiger partial charge in [0.15, 0.2) is 5.96 Å². The average molecular weight is 474 g/mol. The summed E-state index contributed by atoms with van der Waals surface area (Å²) < 4.78 is 0. The first kappa shape index (κ1) is 22.6. The van der Waals surface area contributed by atoms with Gasteiger partial charge in [0.05, 0.1) is 5.56 Å². The topological polar surface area (TPSA) is 81.6 Å². The van der Waals surface area contributed by atoms with E-state index in [4.69, 9.17) is 0 Å². The number of guanidine groups is 1. The molecule has 0 aromatic carbocycles. The third-order valence-electron chi connectivity index (χ3n) is 4.32. The number of carbonyl (C=O) groups excluding carboxylic acids is 1. The van der Waals surface area contributed by atoms with Crippen molar-refractivity contribution in [2.45, 2.75) is 32.2 Å². The fraction of sp³-hybridized carbons (Fsp3) is 0.611. The van der Waals surface area contributed by atoms with Gasteiger partial charge in [0.25, 0.3) is 5.91 Å². The van der Waals surface area contributed by atoms with Gasteiger partial charge < -0.3 is 20.9 Å². The van der Waals surface area contributed by atoms with Crippen LogP contribution in [0.4, 0.5) is 0 Å². The Kier molecular flexibility index (Phi) is 11.2. The molecule has 0 aliphatic carbocycles. The number of nitrogens with one attached hydrogen (secondary N) is 3. The van der Waals surface area contributed by atoms with E-state index in [0.717, 1.165) is 31.9 Å². The molecule has 146 valence electrons. The highest BCUT2D eigenvalue weighted by molar-refractivity contribution is 14.0. The number of rotatable bonds is 7. The van der Waals surface area contributed by atoms with Crippen molar-refractivity contribution in [3.05, 3.63) is 30.1 Å². The fourth-order valence-corrected chi connectivity index (χ4v) is 2.96. The number of carbonyl (C=O) groups is 1. The molecule has 26 heavy (non-hydrogen) atoms. The molecule has 2 rings (SSSR count). The number of halogens is 1. The minimum absolute atomic E-state index is 0. The van der Waals surface area contributed by atoms with E-state index in [1.54, 1.807) is 31.6 Å². The lowest BCUT2D eigenvalue weighted by Crippen LogP contribution is -2.49. The Balaban J connectivity index is 0.00000338. The Bertz CT molecular complexity index is 546. The Morgan fingerprint density at radius 3 is 2.65 bits per heavy atom. The summed E-state index contributed by atoms with van der Waals surface area (Å²) in [6.45, 7) is 6.86. The van der Waals surface area contributed by atoms with Crippen LogP contribution in [0.5, 0.6) is 0 Å². The zero-order chi connectivity index (χ0) is 17.9. The molecule has 0 unspecified atom stereocenters. The number of hydrogen-bond donors (Lipinski definition) is 3. The third-order valence-corrected chi connectivity index (χ3v) is 4.32. The van der Waals surface area contributed by atoms with Crippen molar-refractivity contribution in [2.24, 2.45) is 4.99 Å². The van der Waals surface area contributed by atoms with E-state index >= 15 is 0 Å². The number of hydrogen-bond acceptors (Lipinski definition) is 4. The summed E-state index contributed by atoms with van der Waals surface area (Å²) in [6.07, 6.45) is 6.71. The van der Waals surface area contributed by atoms with E-state index < -0.39 is 0 Å². The molecule has 0 saturated carbocycles. The van der Waals surface area contributed by atoms with Crippen LogP contribution in [0.1, 0.15) is 36.5 Å². The summed E-state index contributed by atoms with van der Waals surface area (Å²) in [4.78, 5) is 22.7. The van der Waals surface area contributed by atoms with Gasteiger partial charge in [-0.3, -0.25) is 14.8 Å². The zero-order valence-electron chi connectivity index (χ0n) is 15.7. The van der Waals surface area contributed by atoms with Gasteiger partial charge in [-0.2, -0.15) is 0 Å². The van der Waals surface area contributed by atoms with Crippen molar-refractivity contribution in [1.29, 1.82) is 0 Å². The molecule has 1 aliphatic rings. The summed E-state index contributed by atoms with van der Waals surface area (Å²) >= 11 is 0. The number of nitrogens with zero attached hydrogens (tertiary/aromatic N) is 3. The number of aliphatic imine (C=N–C) groups is 1. The van der Waals surface area contributed by atoms with Crippen LogP contribution < -0.4 is 16.0 Å². The maximum atomic E-state index is 11.9. The quantitative estimate of drug-likeness (QED) is 0.242. The average Bonchev–Trinajstić information content (AvgIpc) is 2.66. The monoisotopic (exact) mass is 474 g/mol. The first-order valence-corrected chi connectivity index (χ1v) is 9.10.